The number of aromatic nitrogens is 2. The third-order valence-corrected chi connectivity index (χ3v) is 6.60. The lowest BCUT2D eigenvalue weighted by Gasteiger charge is -2.36. The van der Waals surface area contributed by atoms with E-state index in [1.54, 1.807) is 13.4 Å². The number of rotatable bonds is 8. The Hall–Kier alpha value is -1.39. The molecule has 1 aromatic rings. The molecule has 8 nitrogen and oxygen atoms in total. The lowest BCUT2D eigenvalue weighted by atomic mass is 9.78. The molecule has 2 aliphatic heterocycles. The van der Waals surface area contributed by atoms with Crippen molar-refractivity contribution in [3.63, 3.8) is 0 Å². The van der Waals surface area contributed by atoms with Crippen molar-refractivity contribution in [1.82, 2.24) is 20.8 Å². The first kappa shape index (κ1) is 22.8. The Kier molecular flexibility index (Phi) is 7.71. The molecule has 31 heavy (non-hydrogen) atoms. The summed E-state index contributed by atoms with van der Waals surface area (Å²) in [7, 11) is 1.69. The van der Waals surface area contributed by atoms with Crippen LogP contribution in [0.2, 0.25) is 0 Å². The zero-order valence-electron chi connectivity index (χ0n) is 18.8. The van der Waals surface area contributed by atoms with Crippen LogP contribution >= 0.6 is 0 Å². The second-order valence-corrected chi connectivity index (χ2v) is 9.10. The highest BCUT2D eigenvalue weighted by Crippen LogP contribution is 2.40. The van der Waals surface area contributed by atoms with E-state index in [1.807, 2.05) is 13.8 Å². The summed E-state index contributed by atoms with van der Waals surface area (Å²) in [6, 6.07) is 2.19. The average Bonchev–Trinajstić information content (AvgIpc) is 3.17. The molecule has 4 rings (SSSR count). The fourth-order valence-corrected chi connectivity index (χ4v) is 5.03. The Balaban J connectivity index is 1.38. The number of hydrazine groups is 1. The van der Waals surface area contributed by atoms with Gasteiger partial charge < -0.3 is 19.1 Å². The van der Waals surface area contributed by atoms with Crippen LogP contribution in [0.15, 0.2) is 12.4 Å². The first-order valence-electron chi connectivity index (χ1n) is 11.5. The van der Waals surface area contributed by atoms with E-state index in [0.29, 0.717) is 26.1 Å². The van der Waals surface area contributed by atoms with E-state index in [9.17, 15) is 4.39 Å². The lowest BCUT2D eigenvalue weighted by Crippen LogP contribution is -2.44. The number of nitrogens with zero attached hydrogens (tertiary/aromatic N) is 3. The molecule has 3 aliphatic rings. The molecule has 0 radical (unpaired) electrons. The monoisotopic (exact) mass is 437 g/mol. The fourth-order valence-electron chi connectivity index (χ4n) is 5.03. The van der Waals surface area contributed by atoms with Gasteiger partial charge in [-0.05, 0) is 39.5 Å². The van der Waals surface area contributed by atoms with Crippen molar-refractivity contribution in [3.8, 4) is 0 Å². The lowest BCUT2D eigenvalue weighted by molar-refractivity contribution is -0.0708. The number of ether oxygens (including phenoxy) is 3. The molecule has 3 heterocycles. The molecule has 174 valence electrons. The summed E-state index contributed by atoms with van der Waals surface area (Å²) in [6.45, 7) is 7.01. The molecule has 1 aliphatic carbocycles. The zero-order chi connectivity index (χ0) is 21.8. The maximum atomic E-state index is 14.6. The van der Waals surface area contributed by atoms with Crippen molar-refractivity contribution >= 4 is 5.82 Å². The number of piperidine rings is 1. The number of alkyl halides is 1. The van der Waals surface area contributed by atoms with E-state index >= 15 is 0 Å². The summed E-state index contributed by atoms with van der Waals surface area (Å²) in [5.74, 6) is 1.18. The van der Waals surface area contributed by atoms with Crippen molar-refractivity contribution in [2.75, 3.05) is 38.3 Å². The maximum Gasteiger partial charge on any atom is 0.132 e. The molecule has 9 heteroatoms. The smallest absolute Gasteiger partial charge is 0.132 e. The first-order valence-corrected chi connectivity index (χ1v) is 11.5. The van der Waals surface area contributed by atoms with E-state index in [-0.39, 0.29) is 36.3 Å². The summed E-state index contributed by atoms with van der Waals surface area (Å²) in [4.78, 5) is 11.4. The molecule has 1 saturated carbocycles. The molecule has 2 saturated heterocycles. The first-order chi connectivity index (χ1) is 15.0. The molecule has 3 fully saturated rings. The predicted molar refractivity (Wildman–Crippen MR) is 116 cm³/mol. The molecule has 0 amide bonds. The van der Waals surface area contributed by atoms with Gasteiger partial charge in [0.2, 0.25) is 0 Å². The normalized spacial score (nSPS) is 31.9. The highest BCUT2D eigenvalue weighted by atomic mass is 19.1. The van der Waals surface area contributed by atoms with Crippen molar-refractivity contribution in [2.45, 2.75) is 76.1 Å². The van der Waals surface area contributed by atoms with Crippen LogP contribution in [-0.2, 0) is 14.2 Å². The number of halogens is 1. The van der Waals surface area contributed by atoms with Crippen LogP contribution in [0.5, 0.6) is 0 Å². The van der Waals surface area contributed by atoms with Gasteiger partial charge >= 0.3 is 0 Å². The van der Waals surface area contributed by atoms with Gasteiger partial charge in [-0.2, -0.15) is 0 Å². The van der Waals surface area contributed by atoms with Crippen LogP contribution in [-0.4, -0.2) is 73.9 Å². The summed E-state index contributed by atoms with van der Waals surface area (Å²) >= 11 is 0. The number of hydrogen-bond acceptors (Lipinski definition) is 8. The van der Waals surface area contributed by atoms with Crippen molar-refractivity contribution in [1.29, 1.82) is 0 Å². The van der Waals surface area contributed by atoms with Crippen LogP contribution in [0, 0.1) is 5.92 Å². The molecule has 2 N–H and O–H groups in total. The molecular weight excluding hydrogens is 401 g/mol. The zero-order valence-corrected chi connectivity index (χ0v) is 18.8. The van der Waals surface area contributed by atoms with Crippen LogP contribution in [0.4, 0.5) is 10.2 Å². The number of methoxy groups -OCH3 is 1. The number of hydrogen-bond donors (Lipinski definition) is 2. The molecule has 0 bridgehead atoms. The number of fused-ring (bicyclic) bond motifs is 1. The van der Waals surface area contributed by atoms with Gasteiger partial charge in [0.15, 0.2) is 0 Å². The average molecular weight is 438 g/mol. The van der Waals surface area contributed by atoms with Crippen LogP contribution < -0.4 is 15.8 Å². The van der Waals surface area contributed by atoms with E-state index < -0.39 is 6.17 Å². The Morgan fingerprint density at radius 1 is 1.16 bits per heavy atom. The predicted octanol–water partition coefficient (Wildman–Crippen LogP) is 2.17. The van der Waals surface area contributed by atoms with E-state index in [2.05, 4.69) is 31.8 Å². The van der Waals surface area contributed by atoms with Crippen molar-refractivity contribution in [2.24, 2.45) is 5.92 Å². The molecule has 5 atom stereocenters. The van der Waals surface area contributed by atoms with Crippen LogP contribution in [0.25, 0.3) is 0 Å². The SMILES string of the molecule is COCCOC1CCN(c2cc(C3NNC4CC(F)C(OC(C)C)CC43)ncn2)CC1. The minimum Gasteiger partial charge on any atom is -0.382 e. The Morgan fingerprint density at radius 2 is 1.97 bits per heavy atom. The van der Waals surface area contributed by atoms with Gasteiger partial charge in [-0.25, -0.2) is 19.8 Å². The molecule has 5 unspecified atom stereocenters. The van der Waals surface area contributed by atoms with E-state index in [1.165, 1.54) is 0 Å². The van der Waals surface area contributed by atoms with Crippen molar-refractivity contribution in [3.05, 3.63) is 18.1 Å². The molecular formula is C22H36FN5O3. The van der Waals surface area contributed by atoms with Gasteiger partial charge in [0.1, 0.15) is 18.3 Å². The Bertz CT molecular complexity index is 703. The highest BCUT2D eigenvalue weighted by molar-refractivity contribution is 5.40. The molecule has 0 spiro atoms. The third-order valence-electron chi connectivity index (χ3n) is 6.60. The number of anilines is 1. The largest absolute Gasteiger partial charge is 0.382 e. The van der Waals surface area contributed by atoms with Gasteiger partial charge in [-0.1, -0.05) is 0 Å². The van der Waals surface area contributed by atoms with E-state index in [0.717, 1.165) is 37.4 Å². The minimum absolute atomic E-state index is 0.0208. The quantitative estimate of drug-likeness (QED) is 0.599. The second-order valence-electron chi connectivity index (χ2n) is 9.10. The summed E-state index contributed by atoms with van der Waals surface area (Å²) in [6.07, 6.45) is 3.73. The van der Waals surface area contributed by atoms with Gasteiger partial charge in [0, 0.05) is 38.2 Å². The molecule has 1 aromatic heterocycles. The van der Waals surface area contributed by atoms with Gasteiger partial charge in [0.25, 0.3) is 0 Å². The van der Waals surface area contributed by atoms with Crippen LogP contribution in [0.1, 0.15) is 51.3 Å². The number of nitrogens with one attached hydrogen (secondary N) is 2. The summed E-state index contributed by atoms with van der Waals surface area (Å²) in [5, 5.41) is 0. The third kappa shape index (κ3) is 5.51. The Morgan fingerprint density at radius 3 is 2.71 bits per heavy atom. The molecule has 0 aromatic carbocycles. The Labute approximate surface area is 184 Å². The highest BCUT2D eigenvalue weighted by Gasteiger charge is 2.46. The topological polar surface area (TPSA) is 80.8 Å². The minimum atomic E-state index is -0.940. The second kappa shape index (κ2) is 10.5. The standard InChI is InChI=1S/C22H36FN5O3/c1-14(2)31-20-10-16-18(11-17(20)23)26-27-22(16)19-12-21(25-13-24-19)28-6-4-15(5-7-28)30-9-8-29-3/h12-18,20,22,26-27H,4-11H2,1-3H3. The van der Waals surface area contributed by atoms with Gasteiger partial charge in [-0.3, -0.25) is 5.43 Å². The van der Waals surface area contributed by atoms with Gasteiger partial charge in [0.05, 0.1) is 43.3 Å². The summed E-state index contributed by atoms with van der Waals surface area (Å²) in [5.41, 5.74) is 7.60. The van der Waals surface area contributed by atoms with Crippen molar-refractivity contribution < 1.29 is 18.6 Å². The van der Waals surface area contributed by atoms with Gasteiger partial charge in [-0.15, -0.1) is 0 Å². The maximum absolute atomic E-state index is 14.6. The van der Waals surface area contributed by atoms with Crippen LogP contribution in [0.3, 0.4) is 0 Å². The fraction of sp³-hybridized carbons (Fsp3) is 0.818. The summed E-state index contributed by atoms with van der Waals surface area (Å²) < 4.78 is 31.4. The van der Waals surface area contributed by atoms with E-state index in [4.69, 9.17) is 14.2 Å².